The Morgan fingerprint density at radius 3 is 2.45 bits per heavy atom. The van der Waals surface area contributed by atoms with Gasteiger partial charge in [-0.15, -0.1) is 0 Å². The Kier molecular flexibility index (Phi) is 7.41. The van der Waals surface area contributed by atoms with E-state index >= 15 is 0 Å². The molecule has 0 amide bonds. The lowest BCUT2D eigenvalue weighted by Crippen LogP contribution is -2.31. The second-order valence-electron chi connectivity index (χ2n) is 5.03. The van der Waals surface area contributed by atoms with E-state index < -0.39 is 0 Å². The fourth-order valence-corrected chi connectivity index (χ4v) is 2.17. The Hall–Kier alpha value is -0.710. The zero-order chi connectivity index (χ0) is 15.1. The predicted molar refractivity (Wildman–Crippen MR) is 87.2 cm³/mol. The number of anilines is 2. The number of hydrogen-bond acceptors (Lipinski definition) is 4. The van der Waals surface area contributed by atoms with Crippen molar-refractivity contribution in [1.82, 2.24) is 4.98 Å². The Bertz CT molecular complexity index is 427. The van der Waals surface area contributed by atoms with Gasteiger partial charge in [0.25, 0.3) is 0 Å². The minimum atomic E-state index is 0.144. The molecule has 0 aliphatic rings. The third kappa shape index (κ3) is 5.00. The first kappa shape index (κ1) is 17.3. The lowest BCUT2D eigenvalue weighted by atomic mass is 10.1. The van der Waals surface area contributed by atoms with Crippen molar-refractivity contribution in [3.05, 3.63) is 16.1 Å². The van der Waals surface area contributed by atoms with Crippen molar-refractivity contribution >= 4 is 34.8 Å². The molecule has 20 heavy (non-hydrogen) atoms. The molecule has 6 heteroatoms. The fourth-order valence-electron chi connectivity index (χ4n) is 1.69. The molecule has 0 saturated carbocycles. The largest absolute Gasteiger partial charge is 0.383 e. The minimum Gasteiger partial charge on any atom is -0.383 e. The maximum atomic E-state index is 6.21. The van der Waals surface area contributed by atoms with Crippen LogP contribution in [0.4, 0.5) is 11.6 Å². The molecule has 4 nitrogen and oxygen atoms in total. The van der Waals surface area contributed by atoms with E-state index in [1.165, 1.54) is 0 Å². The van der Waals surface area contributed by atoms with Gasteiger partial charge in [-0.1, -0.05) is 44.0 Å². The number of aromatic nitrogens is 1. The molecule has 1 heterocycles. The Morgan fingerprint density at radius 1 is 1.25 bits per heavy atom. The summed E-state index contributed by atoms with van der Waals surface area (Å²) in [7, 11) is 1.68. The third-order valence-electron chi connectivity index (χ3n) is 2.95. The maximum Gasteiger partial charge on any atom is 0.147 e. The van der Waals surface area contributed by atoms with E-state index in [9.17, 15) is 0 Å². The van der Waals surface area contributed by atoms with Gasteiger partial charge in [0, 0.05) is 13.7 Å². The molecule has 0 radical (unpaired) electrons. The molecule has 114 valence electrons. The fraction of sp³-hybridized carbons (Fsp3) is 0.643. The monoisotopic (exact) mass is 319 g/mol. The second kappa shape index (κ2) is 8.55. The van der Waals surface area contributed by atoms with Gasteiger partial charge in [0.05, 0.1) is 22.7 Å². The van der Waals surface area contributed by atoms with Gasteiger partial charge in [0.2, 0.25) is 0 Å². The predicted octanol–water partition coefficient (Wildman–Crippen LogP) is 4.29. The van der Waals surface area contributed by atoms with Gasteiger partial charge in [-0.2, -0.15) is 0 Å². The summed E-state index contributed by atoms with van der Waals surface area (Å²) in [6, 6.07) is 1.85. The number of rotatable bonds is 8. The lowest BCUT2D eigenvalue weighted by molar-refractivity contribution is 0.171. The first-order valence-corrected chi connectivity index (χ1v) is 7.60. The molecule has 1 rings (SSSR count). The number of nitrogens with one attached hydrogen (secondary N) is 2. The Balaban J connectivity index is 2.92. The first-order valence-electron chi connectivity index (χ1n) is 6.85. The highest BCUT2D eigenvalue weighted by Gasteiger charge is 2.16. The molecule has 0 aromatic carbocycles. The molecule has 1 atom stereocenters. The number of halogens is 2. The smallest absolute Gasteiger partial charge is 0.147 e. The van der Waals surface area contributed by atoms with Gasteiger partial charge in [-0.25, -0.2) is 4.98 Å². The van der Waals surface area contributed by atoms with Crippen molar-refractivity contribution in [3.63, 3.8) is 0 Å². The van der Waals surface area contributed by atoms with Gasteiger partial charge >= 0.3 is 0 Å². The van der Waals surface area contributed by atoms with Crippen molar-refractivity contribution in [2.75, 3.05) is 30.9 Å². The molecule has 2 N–H and O–H groups in total. The molecule has 0 aliphatic heterocycles. The number of methoxy groups -OCH3 is 1. The van der Waals surface area contributed by atoms with E-state index in [2.05, 4.69) is 36.4 Å². The van der Waals surface area contributed by atoms with Gasteiger partial charge in [-0.3, -0.25) is 0 Å². The van der Waals surface area contributed by atoms with Crippen LogP contribution in [0.5, 0.6) is 0 Å². The van der Waals surface area contributed by atoms with Crippen molar-refractivity contribution in [1.29, 1.82) is 0 Å². The summed E-state index contributed by atoms with van der Waals surface area (Å²) >= 11 is 12.3. The van der Waals surface area contributed by atoms with E-state index in [1.54, 1.807) is 13.2 Å². The van der Waals surface area contributed by atoms with Crippen LogP contribution in [-0.2, 0) is 4.74 Å². The zero-order valence-corrected chi connectivity index (χ0v) is 14.0. The standard InChI is InChI=1S/C14H23Cl2N3O/c1-5-6-17-13-10(15)7-11(16)14(19-13)18-12(8-20-4)9(2)3/h7,9,12H,5-6,8H2,1-4H3,(H2,17,18,19). The molecule has 1 aromatic rings. The van der Waals surface area contributed by atoms with E-state index in [-0.39, 0.29) is 6.04 Å². The van der Waals surface area contributed by atoms with Gasteiger partial charge in [0.1, 0.15) is 11.6 Å². The van der Waals surface area contributed by atoms with E-state index in [0.29, 0.717) is 34.2 Å². The Labute approximate surface area is 131 Å². The quantitative estimate of drug-likeness (QED) is 0.750. The lowest BCUT2D eigenvalue weighted by Gasteiger charge is -2.23. The summed E-state index contributed by atoms with van der Waals surface area (Å²) in [6.45, 7) is 7.74. The van der Waals surface area contributed by atoms with Gasteiger partial charge in [0.15, 0.2) is 0 Å². The van der Waals surface area contributed by atoms with Crippen LogP contribution >= 0.6 is 23.2 Å². The second-order valence-corrected chi connectivity index (χ2v) is 5.84. The van der Waals surface area contributed by atoms with E-state index in [1.807, 2.05) is 0 Å². The van der Waals surface area contributed by atoms with Crippen molar-refractivity contribution < 1.29 is 4.74 Å². The van der Waals surface area contributed by atoms with Crippen molar-refractivity contribution in [3.8, 4) is 0 Å². The van der Waals surface area contributed by atoms with Gasteiger partial charge in [-0.05, 0) is 18.4 Å². The van der Waals surface area contributed by atoms with Crippen molar-refractivity contribution in [2.45, 2.75) is 33.2 Å². The van der Waals surface area contributed by atoms with E-state index in [4.69, 9.17) is 27.9 Å². The number of nitrogens with zero attached hydrogens (tertiary/aromatic N) is 1. The SMILES string of the molecule is CCCNc1nc(NC(COC)C(C)C)c(Cl)cc1Cl. The van der Waals surface area contributed by atoms with Crippen LogP contribution < -0.4 is 10.6 Å². The molecule has 1 aromatic heterocycles. The van der Waals surface area contributed by atoms with Crippen LogP contribution in [0.2, 0.25) is 10.0 Å². The zero-order valence-electron chi connectivity index (χ0n) is 12.5. The average molecular weight is 320 g/mol. The summed E-state index contributed by atoms with van der Waals surface area (Å²) < 4.78 is 5.22. The number of pyridine rings is 1. The minimum absolute atomic E-state index is 0.144. The maximum absolute atomic E-state index is 6.21. The number of hydrogen-bond donors (Lipinski definition) is 2. The van der Waals surface area contributed by atoms with Crippen LogP contribution in [0.15, 0.2) is 6.07 Å². The topological polar surface area (TPSA) is 46.2 Å². The van der Waals surface area contributed by atoms with Crippen LogP contribution in [-0.4, -0.2) is 31.3 Å². The summed E-state index contributed by atoms with van der Waals surface area (Å²) in [5.74, 6) is 1.68. The van der Waals surface area contributed by atoms with Crippen LogP contribution in [0, 0.1) is 5.92 Å². The molecule has 0 saturated heterocycles. The molecular formula is C14H23Cl2N3O. The summed E-state index contributed by atoms with van der Waals surface area (Å²) in [5, 5.41) is 7.56. The highest BCUT2D eigenvalue weighted by atomic mass is 35.5. The molecule has 0 spiro atoms. The summed E-state index contributed by atoms with van der Waals surface area (Å²) in [4.78, 5) is 4.47. The molecular weight excluding hydrogens is 297 g/mol. The highest BCUT2D eigenvalue weighted by Crippen LogP contribution is 2.30. The number of ether oxygens (including phenoxy) is 1. The third-order valence-corrected chi connectivity index (χ3v) is 3.52. The van der Waals surface area contributed by atoms with Crippen LogP contribution in [0.3, 0.4) is 0 Å². The summed E-state index contributed by atoms with van der Waals surface area (Å²) in [5.41, 5.74) is 0. The Morgan fingerprint density at radius 2 is 1.90 bits per heavy atom. The molecule has 0 bridgehead atoms. The van der Waals surface area contributed by atoms with Crippen molar-refractivity contribution in [2.24, 2.45) is 5.92 Å². The highest BCUT2D eigenvalue weighted by molar-refractivity contribution is 6.37. The van der Waals surface area contributed by atoms with Crippen LogP contribution in [0.25, 0.3) is 0 Å². The normalized spacial score (nSPS) is 12.6. The molecule has 0 fully saturated rings. The molecule has 1 unspecified atom stereocenters. The molecule has 0 aliphatic carbocycles. The van der Waals surface area contributed by atoms with E-state index in [0.717, 1.165) is 13.0 Å². The van der Waals surface area contributed by atoms with Gasteiger partial charge < -0.3 is 15.4 Å². The summed E-state index contributed by atoms with van der Waals surface area (Å²) in [6.07, 6.45) is 1.00. The first-order chi connectivity index (χ1) is 9.49. The van der Waals surface area contributed by atoms with Crippen LogP contribution in [0.1, 0.15) is 27.2 Å². The average Bonchev–Trinajstić information content (AvgIpc) is 2.39.